The summed E-state index contributed by atoms with van der Waals surface area (Å²) in [7, 11) is 0. The van der Waals surface area contributed by atoms with Crippen LogP contribution in [0.4, 0.5) is 0 Å². The molecule has 0 spiro atoms. The fourth-order valence-electron chi connectivity index (χ4n) is 0. The van der Waals surface area contributed by atoms with Gasteiger partial charge in [-0.25, -0.2) is 0 Å². The first-order chi connectivity index (χ1) is 1.73. The summed E-state index contributed by atoms with van der Waals surface area (Å²) in [5.41, 5.74) is 0. The maximum atomic E-state index is 4.81. The van der Waals surface area contributed by atoms with E-state index < -0.39 is 4.30 Å². The molecule has 0 saturated heterocycles. The zero-order valence-electron chi connectivity index (χ0n) is 2.42. The van der Waals surface area contributed by atoms with E-state index in [1.165, 1.54) is 0 Å². The van der Waals surface area contributed by atoms with Crippen LogP contribution in [0.1, 0.15) is 0 Å². The van der Waals surface area contributed by atoms with E-state index in [1.54, 1.807) is 0 Å². The van der Waals surface area contributed by atoms with Crippen molar-refractivity contribution in [1.29, 1.82) is 0 Å². The Morgan fingerprint density at radius 2 is 1.00 bits per heavy atom. The Morgan fingerprint density at radius 1 is 1.00 bits per heavy atom. The monoisotopic (exact) mass is 142 g/mol. The topological polar surface area (TPSA) is 0 Å². The molecular formula is CHCl3Mg. The Balaban J connectivity index is 0. The minimum Gasteiger partial charge on any atom is -0.0874 e. The normalized spacial score (nSPS) is 7.20. The highest BCUT2D eigenvalue weighted by molar-refractivity contribution is 6.63. The Bertz CT molecular complexity index is 11.6. The summed E-state index contributed by atoms with van der Waals surface area (Å²) < 4.78 is -0.750. The van der Waals surface area contributed by atoms with Crippen molar-refractivity contribution in [3.05, 3.63) is 0 Å². The molecule has 0 amide bonds. The average Bonchev–Trinajstić information content (AvgIpc) is 0.811. The number of rotatable bonds is 0. The van der Waals surface area contributed by atoms with Crippen LogP contribution in [0.15, 0.2) is 0 Å². The van der Waals surface area contributed by atoms with Crippen molar-refractivity contribution in [2.24, 2.45) is 0 Å². The molecule has 0 heterocycles. The molecule has 0 aliphatic carbocycles. The second-order valence-electron chi connectivity index (χ2n) is 0.247. The lowest BCUT2D eigenvalue weighted by molar-refractivity contribution is 1.96. The van der Waals surface area contributed by atoms with Crippen LogP contribution in [0.3, 0.4) is 0 Å². The van der Waals surface area contributed by atoms with Crippen LogP contribution >= 0.6 is 34.8 Å². The largest absolute Gasteiger partial charge is 0.180 e. The zero-order valence-corrected chi connectivity index (χ0v) is 6.10. The summed E-state index contributed by atoms with van der Waals surface area (Å²) in [6.45, 7) is 0. The molecule has 2 radical (unpaired) electrons. The molecule has 0 unspecified atom stereocenters. The summed E-state index contributed by atoms with van der Waals surface area (Å²) in [5, 5.41) is 0. The third-order valence-corrected chi connectivity index (χ3v) is 0. The Hall–Kier alpha value is 1.64. The Kier molecular flexibility index (Phi) is 11.1. The highest BCUT2D eigenvalue weighted by Gasteiger charge is 1.78. The minimum atomic E-state index is -0.750. The highest BCUT2D eigenvalue weighted by atomic mass is 35.6. The molecule has 0 saturated carbocycles. The van der Waals surface area contributed by atoms with Gasteiger partial charge in [-0.15, -0.1) is 0 Å². The maximum Gasteiger partial charge on any atom is 0.180 e. The molecule has 28 valence electrons. The van der Waals surface area contributed by atoms with Crippen molar-refractivity contribution in [1.82, 2.24) is 0 Å². The van der Waals surface area contributed by atoms with Crippen LogP contribution in [-0.2, 0) is 0 Å². The molecule has 0 bridgehead atoms. The van der Waals surface area contributed by atoms with Crippen molar-refractivity contribution in [3.63, 3.8) is 0 Å². The first-order valence-electron chi connectivity index (χ1n) is 0.655. The number of hydrogen-bond donors (Lipinski definition) is 0. The van der Waals surface area contributed by atoms with Crippen LogP contribution in [0, 0.1) is 0 Å². The molecule has 0 atom stereocenters. The smallest absolute Gasteiger partial charge is 0.0874 e. The van der Waals surface area contributed by atoms with Crippen LogP contribution < -0.4 is 0 Å². The lowest BCUT2D eigenvalue weighted by Gasteiger charge is -1.69. The van der Waals surface area contributed by atoms with Crippen LogP contribution in [0.25, 0.3) is 0 Å². The van der Waals surface area contributed by atoms with Gasteiger partial charge in [0.15, 0.2) is 4.30 Å². The summed E-state index contributed by atoms with van der Waals surface area (Å²) >= 11 is 14.4. The molecule has 0 aliphatic heterocycles. The van der Waals surface area contributed by atoms with Crippen molar-refractivity contribution in [3.8, 4) is 0 Å². The third kappa shape index (κ3) is 27.8. The molecule has 0 rings (SSSR count). The predicted octanol–water partition coefficient (Wildman–Crippen LogP) is 1.61. The van der Waals surface area contributed by atoms with Gasteiger partial charge < -0.3 is 0 Å². The van der Waals surface area contributed by atoms with Gasteiger partial charge >= 0.3 is 0 Å². The molecule has 5 heavy (non-hydrogen) atoms. The molecule has 0 N–H and O–H groups in total. The Morgan fingerprint density at radius 3 is 1.00 bits per heavy atom. The number of halogens is 3. The van der Waals surface area contributed by atoms with E-state index in [0.717, 1.165) is 0 Å². The Labute approximate surface area is 61.9 Å². The second-order valence-corrected chi connectivity index (χ2v) is 2.23. The van der Waals surface area contributed by atoms with E-state index >= 15 is 0 Å². The molecule has 0 aromatic heterocycles. The molecule has 0 nitrogen and oxygen atoms in total. The van der Waals surface area contributed by atoms with Gasteiger partial charge in [-0.3, -0.25) is 0 Å². The summed E-state index contributed by atoms with van der Waals surface area (Å²) in [4.78, 5) is 0. The van der Waals surface area contributed by atoms with Crippen molar-refractivity contribution in [2.75, 3.05) is 0 Å². The molecule has 4 heteroatoms. The van der Waals surface area contributed by atoms with Crippen LogP contribution in [-0.4, -0.2) is 27.3 Å². The third-order valence-electron chi connectivity index (χ3n) is 0. The first-order valence-corrected chi connectivity index (χ1v) is 1.96. The van der Waals surface area contributed by atoms with E-state index in [4.69, 9.17) is 34.8 Å². The van der Waals surface area contributed by atoms with E-state index in [1.807, 2.05) is 0 Å². The predicted molar refractivity (Wildman–Crippen MR) is 27.1 cm³/mol. The van der Waals surface area contributed by atoms with Crippen molar-refractivity contribution < 1.29 is 0 Å². The van der Waals surface area contributed by atoms with Gasteiger partial charge in [-0.05, 0) is 0 Å². The zero-order chi connectivity index (χ0) is 3.58. The summed E-state index contributed by atoms with van der Waals surface area (Å²) in [6, 6.07) is 0. The SMILES string of the molecule is ClC(Cl)Cl.[Mg]. The average molecular weight is 144 g/mol. The lowest BCUT2D eigenvalue weighted by Crippen LogP contribution is -1.55. The first kappa shape index (κ1) is 9.81. The highest BCUT2D eigenvalue weighted by Crippen LogP contribution is 2.03. The minimum absolute atomic E-state index is 0. The van der Waals surface area contributed by atoms with Gasteiger partial charge in [0.05, 0.1) is 0 Å². The maximum absolute atomic E-state index is 4.81. The van der Waals surface area contributed by atoms with Gasteiger partial charge in [0.2, 0.25) is 0 Å². The molecular weight excluding hydrogens is 143 g/mol. The van der Waals surface area contributed by atoms with Crippen LogP contribution in [0.5, 0.6) is 0 Å². The van der Waals surface area contributed by atoms with Gasteiger partial charge in [-0.2, -0.15) is 0 Å². The molecule has 0 aromatic carbocycles. The van der Waals surface area contributed by atoms with Gasteiger partial charge in [0.25, 0.3) is 0 Å². The second kappa shape index (κ2) is 5.64. The number of alkyl halides is 3. The van der Waals surface area contributed by atoms with E-state index in [9.17, 15) is 0 Å². The van der Waals surface area contributed by atoms with E-state index in [-0.39, 0.29) is 23.1 Å². The molecule has 0 aliphatic rings. The van der Waals surface area contributed by atoms with Gasteiger partial charge in [-0.1, -0.05) is 34.8 Å². The van der Waals surface area contributed by atoms with E-state index in [0.29, 0.717) is 0 Å². The standard InChI is InChI=1S/CHCl3.Mg/c2-1(3)4;/h1H;. The summed E-state index contributed by atoms with van der Waals surface area (Å²) in [6.07, 6.45) is 0. The van der Waals surface area contributed by atoms with Gasteiger partial charge in [0.1, 0.15) is 0 Å². The van der Waals surface area contributed by atoms with E-state index in [2.05, 4.69) is 0 Å². The van der Waals surface area contributed by atoms with Crippen molar-refractivity contribution >= 4 is 57.9 Å². The lowest BCUT2D eigenvalue weighted by atomic mass is 11.9. The fraction of sp³-hybridized carbons (Fsp3) is 1.00. The molecule has 0 fully saturated rings. The number of hydrogen-bond acceptors (Lipinski definition) is 0. The van der Waals surface area contributed by atoms with Crippen molar-refractivity contribution in [2.45, 2.75) is 4.30 Å². The van der Waals surface area contributed by atoms with Gasteiger partial charge in [0, 0.05) is 23.1 Å². The van der Waals surface area contributed by atoms with Crippen LogP contribution in [0.2, 0.25) is 0 Å². The fourth-order valence-corrected chi connectivity index (χ4v) is 0. The molecule has 0 aromatic rings. The summed E-state index contributed by atoms with van der Waals surface area (Å²) in [5.74, 6) is 0. The quantitative estimate of drug-likeness (QED) is 0.357.